The van der Waals surface area contributed by atoms with E-state index in [1.54, 1.807) is 24.4 Å². The summed E-state index contributed by atoms with van der Waals surface area (Å²) < 4.78 is 16.7. The summed E-state index contributed by atoms with van der Waals surface area (Å²) in [4.78, 5) is 23.6. The van der Waals surface area contributed by atoms with Gasteiger partial charge in [0.15, 0.2) is 10.8 Å². The van der Waals surface area contributed by atoms with Gasteiger partial charge in [-0.3, -0.25) is 19.4 Å². The third kappa shape index (κ3) is 3.75. The minimum atomic E-state index is -0.407. The number of pyridine rings is 1. The van der Waals surface area contributed by atoms with Crippen molar-refractivity contribution in [3.8, 4) is 0 Å². The topological polar surface area (TPSA) is 63.9 Å². The van der Waals surface area contributed by atoms with Gasteiger partial charge in [-0.25, -0.2) is 9.37 Å². The molecule has 0 radical (unpaired) electrons. The highest BCUT2D eigenvalue weighted by Gasteiger charge is 2.25. The van der Waals surface area contributed by atoms with Crippen molar-refractivity contribution < 1.29 is 9.18 Å². The first-order valence-corrected chi connectivity index (χ1v) is 10.1. The number of carbonyl (C=O) groups excluding carboxylic acids is 1. The number of carbonyl (C=O) groups is 1. The van der Waals surface area contributed by atoms with Crippen molar-refractivity contribution in [3.05, 3.63) is 71.6 Å². The first kappa shape index (κ1) is 19.2. The molecule has 0 spiro atoms. The molecule has 0 aliphatic heterocycles. The van der Waals surface area contributed by atoms with Crippen molar-refractivity contribution >= 4 is 32.6 Å². The number of anilines is 1. The molecule has 0 aliphatic carbocycles. The van der Waals surface area contributed by atoms with Crippen LogP contribution in [0, 0.1) is 12.7 Å². The normalized spacial score (nSPS) is 11.3. The van der Waals surface area contributed by atoms with Crippen LogP contribution in [0.3, 0.4) is 0 Å². The third-order valence-corrected chi connectivity index (χ3v) is 5.56. The Hall–Kier alpha value is -3.13. The highest BCUT2D eigenvalue weighted by Crippen LogP contribution is 2.32. The Balaban J connectivity index is 1.78. The number of halogens is 1. The van der Waals surface area contributed by atoms with Crippen LogP contribution in [0.1, 0.15) is 41.8 Å². The van der Waals surface area contributed by atoms with Gasteiger partial charge in [0.25, 0.3) is 5.91 Å². The van der Waals surface area contributed by atoms with Gasteiger partial charge in [0.05, 0.1) is 16.9 Å². The Morgan fingerprint density at radius 1 is 1.24 bits per heavy atom. The zero-order valence-electron chi connectivity index (χ0n) is 16.3. The predicted molar refractivity (Wildman–Crippen MR) is 112 cm³/mol. The van der Waals surface area contributed by atoms with Crippen molar-refractivity contribution in [1.82, 2.24) is 19.7 Å². The molecule has 3 heterocycles. The highest BCUT2D eigenvalue weighted by molar-refractivity contribution is 7.22. The number of amides is 1. The molecule has 1 aromatic carbocycles. The van der Waals surface area contributed by atoms with E-state index in [-0.39, 0.29) is 24.0 Å². The molecule has 4 rings (SSSR count). The number of aromatic nitrogens is 4. The molecule has 0 N–H and O–H groups in total. The predicted octanol–water partition coefficient (Wildman–Crippen LogP) is 4.76. The smallest absolute Gasteiger partial charge is 0.276 e. The molecule has 8 heteroatoms. The summed E-state index contributed by atoms with van der Waals surface area (Å²) >= 11 is 1.27. The average Bonchev–Trinajstić information content (AvgIpc) is 3.31. The van der Waals surface area contributed by atoms with Crippen molar-refractivity contribution in [2.45, 2.75) is 33.4 Å². The van der Waals surface area contributed by atoms with Crippen LogP contribution in [-0.4, -0.2) is 25.7 Å². The number of hydrogen-bond donors (Lipinski definition) is 0. The molecule has 148 valence electrons. The first-order chi connectivity index (χ1) is 13.9. The number of rotatable bonds is 5. The number of hydrogen-bond acceptors (Lipinski definition) is 5. The lowest BCUT2D eigenvalue weighted by Gasteiger charge is -2.18. The van der Waals surface area contributed by atoms with Crippen molar-refractivity contribution in [1.29, 1.82) is 0 Å². The standard InChI is InChI=1S/C21H20FN5OS/c1-13(2)27-14(3)11-17(25-27)20(28)26(12-15-7-4-5-10-23-15)21-24-19-16(22)8-6-9-18(19)29-21/h4-11,13H,12H2,1-3H3. The van der Waals surface area contributed by atoms with Crippen LogP contribution in [0.2, 0.25) is 0 Å². The maximum absolute atomic E-state index is 14.2. The number of nitrogens with zero attached hydrogens (tertiary/aromatic N) is 5. The maximum Gasteiger partial charge on any atom is 0.280 e. The van der Waals surface area contributed by atoms with Gasteiger partial charge in [-0.05, 0) is 51.1 Å². The van der Waals surface area contributed by atoms with Crippen LogP contribution in [0.5, 0.6) is 0 Å². The summed E-state index contributed by atoms with van der Waals surface area (Å²) in [6.45, 7) is 6.15. The molecule has 0 aliphatic rings. The lowest BCUT2D eigenvalue weighted by atomic mass is 10.3. The van der Waals surface area contributed by atoms with E-state index in [1.165, 1.54) is 22.3 Å². The van der Waals surface area contributed by atoms with Gasteiger partial charge in [0, 0.05) is 17.9 Å². The number of para-hydroxylation sites is 1. The second-order valence-electron chi connectivity index (χ2n) is 7.00. The number of aryl methyl sites for hydroxylation is 1. The van der Waals surface area contributed by atoms with Crippen molar-refractivity contribution in [2.24, 2.45) is 0 Å². The summed E-state index contributed by atoms with van der Waals surface area (Å²) in [5.74, 6) is -0.701. The Labute approximate surface area is 171 Å². The molecule has 1 amide bonds. The monoisotopic (exact) mass is 409 g/mol. The third-order valence-electron chi connectivity index (χ3n) is 4.51. The molecule has 0 saturated heterocycles. The van der Waals surface area contributed by atoms with Crippen molar-refractivity contribution in [2.75, 3.05) is 4.90 Å². The largest absolute Gasteiger partial charge is 0.280 e. The second-order valence-corrected chi connectivity index (χ2v) is 8.01. The molecule has 29 heavy (non-hydrogen) atoms. The second kappa shape index (κ2) is 7.71. The minimum absolute atomic E-state index is 0.136. The Morgan fingerprint density at radius 2 is 2.07 bits per heavy atom. The summed E-state index contributed by atoms with van der Waals surface area (Å²) in [6, 6.07) is 12.2. The highest BCUT2D eigenvalue weighted by atomic mass is 32.1. The van der Waals surface area contributed by atoms with Gasteiger partial charge < -0.3 is 0 Å². The van der Waals surface area contributed by atoms with Crippen LogP contribution in [0.25, 0.3) is 10.2 Å². The van der Waals surface area contributed by atoms with E-state index in [0.29, 0.717) is 21.2 Å². The van der Waals surface area contributed by atoms with E-state index in [9.17, 15) is 9.18 Å². The summed E-state index contributed by atoms with van der Waals surface area (Å²) in [5.41, 5.74) is 2.19. The number of thiazole rings is 1. The van der Waals surface area contributed by atoms with Gasteiger partial charge >= 0.3 is 0 Å². The van der Waals surface area contributed by atoms with E-state index >= 15 is 0 Å². The summed E-state index contributed by atoms with van der Waals surface area (Å²) in [7, 11) is 0. The summed E-state index contributed by atoms with van der Waals surface area (Å²) in [5, 5.41) is 4.89. The van der Waals surface area contributed by atoms with Crippen molar-refractivity contribution in [3.63, 3.8) is 0 Å². The van der Waals surface area contributed by atoms with Crippen LogP contribution >= 0.6 is 11.3 Å². The fourth-order valence-electron chi connectivity index (χ4n) is 3.15. The maximum atomic E-state index is 14.2. The molecular formula is C21H20FN5OS. The fourth-order valence-corrected chi connectivity index (χ4v) is 4.13. The molecule has 0 bridgehead atoms. The Morgan fingerprint density at radius 3 is 2.72 bits per heavy atom. The van der Waals surface area contributed by atoms with E-state index in [4.69, 9.17) is 0 Å². The molecule has 6 nitrogen and oxygen atoms in total. The Kier molecular flexibility index (Phi) is 5.10. The molecule has 3 aromatic heterocycles. The zero-order valence-corrected chi connectivity index (χ0v) is 17.2. The van der Waals surface area contributed by atoms with Gasteiger partial charge in [-0.2, -0.15) is 5.10 Å². The van der Waals surface area contributed by atoms with Crippen LogP contribution in [-0.2, 0) is 6.54 Å². The Bertz CT molecular complexity index is 1170. The van der Waals surface area contributed by atoms with E-state index in [2.05, 4.69) is 15.1 Å². The molecule has 0 unspecified atom stereocenters. The fraction of sp³-hybridized carbons (Fsp3) is 0.238. The lowest BCUT2D eigenvalue weighted by molar-refractivity contribution is 0.0979. The van der Waals surface area contributed by atoms with E-state index < -0.39 is 5.82 Å². The molecule has 0 atom stereocenters. The minimum Gasteiger partial charge on any atom is -0.276 e. The van der Waals surface area contributed by atoms with Gasteiger partial charge in [0.1, 0.15) is 11.3 Å². The quantitative estimate of drug-likeness (QED) is 0.477. The molecule has 0 fully saturated rings. The number of fused-ring (bicyclic) bond motifs is 1. The van der Waals surface area contributed by atoms with Crippen LogP contribution in [0.15, 0.2) is 48.7 Å². The van der Waals surface area contributed by atoms with Crippen LogP contribution < -0.4 is 4.90 Å². The molecular weight excluding hydrogens is 389 g/mol. The van der Waals surface area contributed by atoms with Crippen LogP contribution in [0.4, 0.5) is 9.52 Å². The lowest BCUT2D eigenvalue weighted by Crippen LogP contribution is -2.31. The average molecular weight is 409 g/mol. The SMILES string of the molecule is Cc1cc(C(=O)N(Cc2ccccn2)c2nc3c(F)cccc3s2)nn1C(C)C. The molecule has 0 saturated carbocycles. The van der Waals surface area contributed by atoms with Gasteiger partial charge in [-0.15, -0.1) is 0 Å². The number of benzene rings is 1. The van der Waals surface area contributed by atoms with E-state index in [1.807, 2.05) is 43.7 Å². The summed E-state index contributed by atoms with van der Waals surface area (Å²) in [6.07, 6.45) is 1.67. The van der Waals surface area contributed by atoms with Gasteiger partial charge in [-0.1, -0.05) is 23.5 Å². The van der Waals surface area contributed by atoms with Gasteiger partial charge in [0.2, 0.25) is 0 Å². The van der Waals surface area contributed by atoms with E-state index in [0.717, 1.165) is 5.69 Å². The molecule has 4 aromatic rings. The first-order valence-electron chi connectivity index (χ1n) is 9.27. The zero-order chi connectivity index (χ0) is 20.5.